The molecule has 6 heteroatoms. The minimum absolute atomic E-state index is 0.120. The van der Waals surface area contributed by atoms with Crippen LogP contribution >= 0.6 is 0 Å². The molecule has 3 N–H and O–H groups in total. The third kappa shape index (κ3) is 5.17. The van der Waals surface area contributed by atoms with Crippen LogP contribution in [0.15, 0.2) is 66.7 Å². The fourth-order valence-electron chi connectivity index (χ4n) is 2.94. The zero-order chi connectivity index (χ0) is 19.9. The van der Waals surface area contributed by atoms with Gasteiger partial charge in [0.15, 0.2) is 0 Å². The van der Waals surface area contributed by atoms with Gasteiger partial charge in [0.1, 0.15) is 0 Å². The summed E-state index contributed by atoms with van der Waals surface area (Å²) in [6.45, 7) is 1.43. The number of amides is 3. The molecule has 0 heterocycles. The van der Waals surface area contributed by atoms with Crippen LogP contribution in [0.5, 0.6) is 0 Å². The SMILES string of the molecule is CC(=O)Nc1ccc(CC(=O)NNC(=O)Cc2cccc3ccccc23)cc1. The maximum Gasteiger partial charge on any atom is 0.242 e. The lowest BCUT2D eigenvalue weighted by molar-refractivity contribution is -0.128. The summed E-state index contributed by atoms with van der Waals surface area (Å²) in [6.07, 6.45) is 0.294. The van der Waals surface area contributed by atoms with Gasteiger partial charge in [0.2, 0.25) is 17.7 Å². The second kappa shape index (κ2) is 8.81. The number of hydrogen-bond acceptors (Lipinski definition) is 3. The van der Waals surface area contributed by atoms with Crippen LogP contribution in [-0.2, 0) is 27.2 Å². The van der Waals surface area contributed by atoms with Gasteiger partial charge in [-0.2, -0.15) is 0 Å². The number of hydrazine groups is 1. The van der Waals surface area contributed by atoms with Gasteiger partial charge in [-0.1, -0.05) is 54.6 Å². The van der Waals surface area contributed by atoms with Gasteiger partial charge in [-0.05, 0) is 34.0 Å². The highest BCUT2D eigenvalue weighted by atomic mass is 16.2. The quantitative estimate of drug-likeness (QED) is 0.599. The summed E-state index contributed by atoms with van der Waals surface area (Å²) in [6, 6.07) is 20.6. The normalized spacial score (nSPS) is 10.3. The lowest BCUT2D eigenvalue weighted by Gasteiger charge is -2.09. The van der Waals surface area contributed by atoms with E-state index in [1.807, 2.05) is 42.5 Å². The minimum Gasteiger partial charge on any atom is -0.326 e. The van der Waals surface area contributed by atoms with Crippen molar-refractivity contribution in [3.05, 3.63) is 77.9 Å². The Hall–Kier alpha value is -3.67. The van der Waals surface area contributed by atoms with Crippen LogP contribution in [-0.4, -0.2) is 17.7 Å². The first-order valence-corrected chi connectivity index (χ1v) is 8.92. The van der Waals surface area contributed by atoms with Crippen LogP contribution in [0.4, 0.5) is 5.69 Å². The van der Waals surface area contributed by atoms with Gasteiger partial charge in [-0.15, -0.1) is 0 Å². The molecule has 28 heavy (non-hydrogen) atoms. The number of nitrogens with one attached hydrogen (secondary N) is 3. The van der Waals surface area contributed by atoms with E-state index in [-0.39, 0.29) is 30.6 Å². The highest BCUT2D eigenvalue weighted by molar-refractivity contribution is 5.91. The first kappa shape index (κ1) is 19.1. The number of carbonyl (C=O) groups excluding carboxylic acids is 3. The minimum atomic E-state index is -0.321. The average Bonchev–Trinajstić information content (AvgIpc) is 2.68. The summed E-state index contributed by atoms with van der Waals surface area (Å²) in [5.41, 5.74) is 7.24. The molecule has 3 aromatic rings. The van der Waals surface area contributed by atoms with Crippen LogP contribution in [0.25, 0.3) is 10.8 Å². The third-order valence-corrected chi connectivity index (χ3v) is 4.21. The summed E-state index contributed by atoms with van der Waals surface area (Å²) >= 11 is 0. The summed E-state index contributed by atoms with van der Waals surface area (Å²) < 4.78 is 0. The monoisotopic (exact) mass is 375 g/mol. The van der Waals surface area contributed by atoms with Crippen molar-refractivity contribution in [2.75, 3.05) is 5.32 Å². The van der Waals surface area contributed by atoms with E-state index in [9.17, 15) is 14.4 Å². The van der Waals surface area contributed by atoms with Gasteiger partial charge >= 0.3 is 0 Å². The number of benzene rings is 3. The first-order valence-electron chi connectivity index (χ1n) is 8.92. The van der Waals surface area contributed by atoms with E-state index in [0.717, 1.165) is 21.9 Å². The fourth-order valence-corrected chi connectivity index (χ4v) is 2.94. The Kier molecular flexibility index (Phi) is 6.01. The molecule has 0 aliphatic rings. The van der Waals surface area contributed by atoms with Crippen molar-refractivity contribution < 1.29 is 14.4 Å². The summed E-state index contributed by atoms with van der Waals surface area (Å²) in [5, 5.41) is 4.75. The van der Waals surface area contributed by atoms with E-state index >= 15 is 0 Å². The van der Waals surface area contributed by atoms with Crippen molar-refractivity contribution in [1.82, 2.24) is 10.9 Å². The molecule has 0 saturated heterocycles. The van der Waals surface area contributed by atoms with Crippen molar-refractivity contribution >= 4 is 34.2 Å². The molecule has 0 radical (unpaired) electrons. The average molecular weight is 375 g/mol. The van der Waals surface area contributed by atoms with Crippen LogP contribution in [0.2, 0.25) is 0 Å². The van der Waals surface area contributed by atoms with E-state index in [1.165, 1.54) is 6.92 Å². The van der Waals surface area contributed by atoms with Gasteiger partial charge in [-0.3, -0.25) is 25.2 Å². The number of anilines is 1. The smallest absolute Gasteiger partial charge is 0.242 e. The first-order chi connectivity index (χ1) is 13.5. The van der Waals surface area contributed by atoms with Gasteiger partial charge in [0, 0.05) is 12.6 Å². The van der Waals surface area contributed by atoms with Crippen LogP contribution < -0.4 is 16.2 Å². The summed E-state index contributed by atoms with van der Waals surface area (Å²) in [5.74, 6) is -0.761. The zero-order valence-electron chi connectivity index (χ0n) is 15.5. The lowest BCUT2D eigenvalue weighted by Crippen LogP contribution is -2.43. The molecule has 142 valence electrons. The maximum absolute atomic E-state index is 12.2. The summed E-state index contributed by atoms with van der Waals surface area (Å²) in [7, 11) is 0. The van der Waals surface area contributed by atoms with E-state index in [2.05, 4.69) is 16.2 Å². The Balaban J connectivity index is 1.51. The number of rotatable bonds is 5. The molecule has 0 spiro atoms. The predicted molar refractivity (Wildman–Crippen MR) is 108 cm³/mol. The van der Waals surface area contributed by atoms with Crippen LogP contribution in [0.1, 0.15) is 18.1 Å². The standard InChI is InChI=1S/C22H21N3O3/c1-15(26)23-19-11-9-16(10-12-19)13-21(27)24-25-22(28)14-18-7-4-6-17-5-2-3-8-20(17)18/h2-12H,13-14H2,1H3,(H,23,26)(H,24,27)(H,25,28). The molecule has 3 rings (SSSR count). The molecule has 6 nitrogen and oxygen atoms in total. The molecule has 0 fully saturated rings. The molecule has 3 amide bonds. The third-order valence-electron chi connectivity index (χ3n) is 4.21. The second-order valence-corrected chi connectivity index (χ2v) is 6.47. The Morgan fingerprint density at radius 2 is 1.39 bits per heavy atom. The van der Waals surface area contributed by atoms with E-state index in [4.69, 9.17) is 0 Å². The Bertz CT molecular complexity index is 1010. The molecular weight excluding hydrogens is 354 g/mol. The van der Waals surface area contributed by atoms with Crippen LogP contribution in [0.3, 0.4) is 0 Å². The topological polar surface area (TPSA) is 87.3 Å². The van der Waals surface area contributed by atoms with Crippen molar-refractivity contribution in [3.8, 4) is 0 Å². The van der Waals surface area contributed by atoms with Gasteiger partial charge in [0.05, 0.1) is 12.8 Å². The van der Waals surface area contributed by atoms with Crippen LogP contribution in [0, 0.1) is 0 Å². The molecule has 0 atom stereocenters. The highest BCUT2D eigenvalue weighted by Gasteiger charge is 2.09. The fraction of sp³-hybridized carbons (Fsp3) is 0.136. The largest absolute Gasteiger partial charge is 0.326 e. The molecule has 0 bridgehead atoms. The molecule has 0 unspecified atom stereocenters. The van der Waals surface area contributed by atoms with Gasteiger partial charge in [-0.25, -0.2) is 0 Å². The van der Waals surface area contributed by atoms with Crippen molar-refractivity contribution in [1.29, 1.82) is 0 Å². The van der Waals surface area contributed by atoms with Crippen molar-refractivity contribution in [2.24, 2.45) is 0 Å². The molecule has 0 aromatic heterocycles. The highest BCUT2D eigenvalue weighted by Crippen LogP contribution is 2.18. The molecule has 0 aliphatic carbocycles. The second-order valence-electron chi connectivity index (χ2n) is 6.47. The molecule has 0 saturated carbocycles. The molecule has 0 aliphatic heterocycles. The van der Waals surface area contributed by atoms with E-state index in [1.54, 1.807) is 24.3 Å². The van der Waals surface area contributed by atoms with E-state index < -0.39 is 0 Å². The van der Waals surface area contributed by atoms with Crippen molar-refractivity contribution in [2.45, 2.75) is 19.8 Å². The van der Waals surface area contributed by atoms with Gasteiger partial charge < -0.3 is 5.32 Å². The molecule has 3 aromatic carbocycles. The van der Waals surface area contributed by atoms with Gasteiger partial charge in [0.25, 0.3) is 0 Å². The zero-order valence-corrected chi connectivity index (χ0v) is 15.5. The predicted octanol–water partition coefficient (Wildman–Crippen LogP) is 2.73. The number of carbonyl (C=O) groups is 3. The number of hydrogen-bond donors (Lipinski definition) is 3. The Labute approximate surface area is 162 Å². The summed E-state index contributed by atoms with van der Waals surface area (Å²) in [4.78, 5) is 35.3. The van der Waals surface area contributed by atoms with E-state index in [0.29, 0.717) is 5.69 Å². The Morgan fingerprint density at radius 1 is 0.750 bits per heavy atom. The van der Waals surface area contributed by atoms with Crippen molar-refractivity contribution in [3.63, 3.8) is 0 Å². The lowest BCUT2D eigenvalue weighted by atomic mass is 10.0. The number of fused-ring (bicyclic) bond motifs is 1. The Morgan fingerprint density at radius 3 is 2.11 bits per heavy atom. The molecular formula is C22H21N3O3. The maximum atomic E-state index is 12.2.